The fraction of sp³-hybridized carbons (Fsp3) is 0.840. The number of nitrogens with zero attached hydrogens (tertiary/aromatic N) is 7. The maximum atomic E-state index is 12.8. The topological polar surface area (TPSA) is 497 Å². The summed E-state index contributed by atoms with van der Waals surface area (Å²) in [6, 6.07) is -2.48. The van der Waals surface area contributed by atoms with Gasteiger partial charge in [-0.05, 0) is 174 Å². The number of nitrogens with one attached hydrogen (secondary N) is 4. The Morgan fingerprint density at radius 2 is 0.637 bits per heavy atom. The van der Waals surface area contributed by atoms with Crippen LogP contribution in [-0.2, 0) is 23.9 Å². The Kier molecular flexibility index (Phi) is 48.3. The zero-order valence-electron chi connectivity index (χ0n) is 48.4. The summed E-state index contributed by atoms with van der Waals surface area (Å²) in [7, 11) is 3.33. The van der Waals surface area contributed by atoms with Crippen molar-refractivity contribution in [3.8, 4) is 0 Å². The standard InChI is InChI=1S/C50H109N23O5S2/c1-79-80-38-78-37-36-73(34-14-32-71(28-10-24-63-43(74)39(51)16-2-6-20-67-47(55)56)29-11-25-64-44(75)40(52)17-3-7-21-68-48(57)58)35-15-33-72(30-12-26-65-45(76)41(53)18-4-8-22-69-49(59)60)31-13-27-66-46(77)42(54)19-5-9-23-70-50(61)62/h39-42H,2-38,51-54H2,1H3,(H,63,74)(H,64,75)(H,65,76)(H,66,77)(H4,55,56,67)(H4,57,58,68)(H4,59,60,69)(H4,61,62,70)/t39-,40-,41-,42-/m0/s1. The second-order valence-corrected chi connectivity index (χ2v) is 22.3. The fourth-order valence-electron chi connectivity index (χ4n) is 8.22. The average molecular weight is 1180 g/mol. The first-order valence-electron chi connectivity index (χ1n) is 28.6. The van der Waals surface area contributed by atoms with Gasteiger partial charge < -0.3 is 110 Å². The lowest BCUT2D eigenvalue weighted by Crippen LogP contribution is -2.42. The van der Waals surface area contributed by atoms with Gasteiger partial charge in [0, 0.05) is 58.9 Å². The lowest BCUT2D eigenvalue weighted by Gasteiger charge is -2.28. The SMILES string of the molecule is CSSCOCCN(CCCN(CCCNC(=O)[C@@H](N)CCCCN=C(N)N)CCCNC(=O)[C@@H](N)CCCCN=C(N)N)CCCN(CCCNC(=O)[C@@H](N)CCCCN=C(N)N)CCCNC(=O)[C@@H](N)CCCCN=C(N)N. The molecule has 0 aromatic rings. The molecule has 0 saturated heterocycles. The first-order chi connectivity index (χ1) is 38.4. The molecule has 0 aliphatic heterocycles. The number of hydrogen-bond donors (Lipinski definition) is 16. The van der Waals surface area contributed by atoms with Gasteiger partial charge in [-0.3, -0.25) is 39.1 Å². The van der Waals surface area contributed by atoms with E-state index < -0.39 is 24.2 Å². The van der Waals surface area contributed by atoms with Crippen molar-refractivity contribution in [2.45, 2.75) is 140 Å². The molecule has 0 aromatic carbocycles. The summed E-state index contributed by atoms with van der Waals surface area (Å²) in [5, 5.41) is 12.0. The van der Waals surface area contributed by atoms with Crippen molar-refractivity contribution in [2.24, 2.45) is 88.8 Å². The van der Waals surface area contributed by atoms with Crippen LogP contribution in [0.15, 0.2) is 20.0 Å². The Hall–Kier alpha value is -4.66. The van der Waals surface area contributed by atoms with Crippen LogP contribution in [0.4, 0.5) is 0 Å². The molecule has 0 spiro atoms. The largest absolute Gasteiger partial charge is 0.370 e. The van der Waals surface area contributed by atoms with Crippen LogP contribution >= 0.6 is 21.6 Å². The molecule has 0 bridgehead atoms. The average Bonchev–Trinajstić information content (AvgIpc) is 3.41. The highest BCUT2D eigenvalue weighted by Gasteiger charge is 2.18. The van der Waals surface area contributed by atoms with E-state index in [1.54, 1.807) is 21.6 Å². The second kappa shape index (κ2) is 51.2. The van der Waals surface area contributed by atoms with Gasteiger partial charge in [0.25, 0.3) is 0 Å². The minimum Gasteiger partial charge on any atom is -0.370 e. The molecular weight excluding hydrogens is 1070 g/mol. The summed E-state index contributed by atoms with van der Waals surface area (Å²) in [6.07, 6.45) is 14.6. The van der Waals surface area contributed by atoms with Gasteiger partial charge in [-0.25, -0.2) is 0 Å². The van der Waals surface area contributed by atoms with E-state index in [2.05, 4.69) is 55.9 Å². The highest BCUT2D eigenvalue weighted by atomic mass is 33.1. The molecule has 4 amide bonds. The number of amides is 4. The Balaban J connectivity index is 5.77. The van der Waals surface area contributed by atoms with Crippen LogP contribution in [0.25, 0.3) is 0 Å². The lowest BCUT2D eigenvalue weighted by atomic mass is 10.1. The highest BCUT2D eigenvalue weighted by molar-refractivity contribution is 8.76. The van der Waals surface area contributed by atoms with Crippen LogP contribution < -0.4 is 90.1 Å². The number of hydrogen-bond acceptors (Lipinski definition) is 18. The van der Waals surface area contributed by atoms with Crippen molar-refractivity contribution < 1.29 is 23.9 Å². The van der Waals surface area contributed by atoms with Crippen molar-refractivity contribution >= 4 is 69.1 Å². The first kappa shape index (κ1) is 75.3. The quantitative estimate of drug-likeness (QED) is 0.00936. The number of carbonyl (C=O) groups excluding carboxylic acids is 4. The predicted octanol–water partition coefficient (Wildman–Crippen LogP) is -3.23. The molecule has 0 rings (SSSR count). The Bertz CT molecular complexity index is 1510. The summed E-state index contributed by atoms with van der Waals surface area (Å²) >= 11 is 0. The number of guanidine groups is 4. The Morgan fingerprint density at radius 3 is 0.887 bits per heavy atom. The van der Waals surface area contributed by atoms with E-state index in [0.29, 0.717) is 90.6 Å². The van der Waals surface area contributed by atoms with E-state index in [9.17, 15) is 19.2 Å². The van der Waals surface area contributed by atoms with Crippen LogP contribution in [0.2, 0.25) is 0 Å². The Labute approximate surface area is 485 Å². The molecule has 0 unspecified atom stereocenters. The minimum atomic E-state index is -0.620. The smallest absolute Gasteiger partial charge is 0.236 e. The van der Waals surface area contributed by atoms with Crippen molar-refractivity contribution in [3.63, 3.8) is 0 Å². The predicted molar refractivity (Wildman–Crippen MR) is 331 cm³/mol. The number of aliphatic imine (C=N–C) groups is 4. The molecule has 28 nitrogen and oxygen atoms in total. The van der Waals surface area contributed by atoms with Crippen molar-refractivity contribution in [1.29, 1.82) is 0 Å². The van der Waals surface area contributed by atoms with Crippen molar-refractivity contribution in [1.82, 2.24) is 36.0 Å². The molecule has 0 heterocycles. The van der Waals surface area contributed by atoms with E-state index >= 15 is 0 Å². The van der Waals surface area contributed by atoms with Gasteiger partial charge >= 0.3 is 0 Å². The molecule has 30 heteroatoms. The molecule has 80 heavy (non-hydrogen) atoms. The monoisotopic (exact) mass is 1180 g/mol. The molecule has 28 N–H and O–H groups in total. The van der Waals surface area contributed by atoms with Gasteiger partial charge in [-0.1, -0.05) is 21.6 Å². The van der Waals surface area contributed by atoms with E-state index in [1.165, 1.54) is 0 Å². The van der Waals surface area contributed by atoms with Crippen LogP contribution in [0.1, 0.15) is 116 Å². The number of carbonyl (C=O) groups is 4. The van der Waals surface area contributed by atoms with Crippen molar-refractivity contribution in [3.05, 3.63) is 0 Å². The minimum absolute atomic E-state index is 0.0429. The molecule has 4 atom stereocenters. The third-order valence-corrected chi connectivity index (χ3v) is 14.2. The van der Waals surface area contributed by atoms with Gasteiger partial charge in [-0.15, -0.1) is 0 Å². The van der Waals surface area contributed by atoms with Crippen LogP contribution in [0, 0.1) is 0 Å². The third-order valence-electron chi connectivity index (χ3n) is 12.7. The van der Waals surface area contributed by atoms with Crippen molar-refractivity contribution in [2.75, 3.05) is 130 Å². The van der Waals surface area contributed by atoms with Gasteiger partial charge in [0.1, 0.15) is 5.94 Å². The number of nitrogens with two attached hydrogens (primary N) is 12. The first-order valence-corrected chi connectivity index (χ1v) is 31.3. The summed E-state index contributed by atoms with van der Waals surface area (Å²) in [5.41, 5.74) is 68.0. The summed E-state index contributed by atoms with van der Waals surface area (Å²) in [6.45, 7) is 11.5. The normalized spacial score (nSPS) is 12.8. The molecule has 0 aliphatic carbocycles. The molecule has 0 fully saturated rings. The number of ether oxygens (including phenoxy) is 1. The van der Waals surface area contributed by atoms with Crippen LogP contribution in [-0.4, -0.2) is 216 Å². The summed E-state index contributed by atoms with van der Waals surface area (Å²) in [4.78, 5) is 74.4. The molecule has 0 saturated carbocycles. The summed E-state index contributed by atoms with van der Waals surface area (Å²) in [5.74, 6) is 0.0212. The third kappa shape index (κ3) is 47.0. The molecule has 466 valence electrons. The maximum Gasteiger partial charge on any atom is 0.236 e. The fourth-order valence-corrected chi connectivity index (χ4v) is 8.99. The molecular formula is C50H109N23O5S2. The zero-order chi connectivity index (χ0) is 59.6. The van der Waals surface area contributed by atoms with Gasteiger partial charge in [-0.2, -0.15) is 0 Å². The maximum absolute atomic E-state index is 12.8. The van der Waals surface area contributed by atoms with E-state index in [0.717, 1.165) is 149 Å². The molecule has 0 aliphatic rings. The van der Waals surface area contributed by atoms with E-state index in [-0.39, 0.29) is 47.5 Å². The van der Waals surface area contributed by atoms with E-state index in [4.69, 9.17) is 73.5 Å². The van der Waals surface area contributed by atoms with Crippen LogP contribution in [0.5, 0.6) is 0 Å². The molecule has 0 aromatic heterocycles. The molecule has 0 radical (unpaired) electrons. The second-order valence-electron chi connectivity index (χ2n) is 19.8. The highest BCUT2D eigenvalue weighted by Crippen LogP contribution is 2.16. The van der Waals surface area contributed by atoms with E-state index in [1.807, 2.05) is 6.26 Å². The Morgan fingerprint density at radius 1 is 0.388 bits per heavy atom. The summed E-state index contributed by atoms with van der Waals surface area (Å²) < 4.78 is 5.98. The van der Waals surface area contributed by atoms with Gasteiger partial charge in [0.05, 0.1) is 30.8 Å². The number of unbranched alkanes of at least 4 members (excludes halogenated alkanes) is 4. The van der Waals surface area contributed by atoms with Crippen LogP contribution in [0.3, 0.4) is 0 Å². The number of rotatable bonds is 54. The lowest BCUT2D eigenvalue weighted by molar-refractivity contribution is -0.123. The zero-order valence-corrected chi connectivity index (χ0v) is 50.0. The van der Waals surface area contributed by atoms with Gasteiger partial charge in [0.2, 0.25) is 23.6 Å². The van der Waals surface area contributed by atoms with Gasteiger partial charge in [0.15, 0.2) is 23.8 Å².